The Labute approximate surface area is 187 Å². The molecule has 0 unspecified atom stereocenters. The Hall–Kier alpha value is -1.12. The Balaban J connectivity index is 0.00000261. The summed E-state index contributed by atoms with van der Waals surface area (Å²) in [5.74, 6) is 1.81. The highest BCUT2D eigenvalue weighted by Crippen LogP contribution is 2.26. The van der Waals surface area contributed by atoms with E-state index in [1.54, 1.807) is 0 Å². The molecule has 1 aromatic carbocycles. The second-order valence-corrected chi connectivity index (χ2v) is 7.01. The van der Waals surface area contributed by atoms with Crippen molar-refractivity contribution in [3.05, 3.63) is 51.3 Å². The van der Waals surface area contributed by atoms with Crippen molar-refractivity contribution in [2.24, 2.45) is 12.0 Å². The van der Waals surface area contributed by atoms with Crippen molar-refractivity contribution in [1.82, 2.24) is 15.2 Å². The molecule has 148 valence electrons. The normalized spacial score (nSPS) is 13.0. The van der Waals surface area contributed by atoms with Crippen LogP contribution in [0, 0.1) is 0 Å². The van der Waals surface area contributed by atoms with Gasteiger partial charge in [0, 0.05) is 32.3 Å². The lowest BCUT2D eigenvalue weighted by Crippen LogP contribution is -2.38. The quantitative estimate of drug-likeness (QED) is 0.340. The smallest absolute Gasteiger partial charge is 0.191 e. The second-order valence-electron chi connectivity index (χ2n) is 6.25. The Morgan fingerprint density at radius 3 is 2.78 bits per heavy atom. The van der Waals surface area contributed by atoms with Gasteiger partial charge in [0.05, 0.1) is 18.2 Å². The van der Waals surface area contributed by atoms with E-state index in [0.29, 0.717) is 16.7 Å². The lowest BCUT2D eigenvalue weighted by Gasteiger charge is -2.12. The third kappa shape index (κ3) is 5.68. The maximum absolute atomic E-state index is 6.11. The first-order valence-corrected chi connectivity index (χ1v) is 9.60. The van der Waals surface area contributed by atoms with E-state index in [9.17, 15) is 0 Å². The summed E-state index contributed by atoms with van der Waals surface area (Å²) in [4.78, 5) is 4.62. The van der Waals surface area contributed by atoms with Crippen LogP contribution in [-0.2, 0) is 26.4 Å². The summed E-state index contributed by atoms with van der Waals surface area (Å²) in [6, 6.07) is 8.29. The highest BCUT2D eigenvalue weighted by molar-refractivity contribution is 14.0. The Kier molecular flexibility index (Phi) is 8.57. The van der Waals surface area contributed by atoms with Crippen molar-refractivity contribution in [2.75, 3.05) is 19.7 Å². The van der Waals surface area contributed by atoms with Gasteiger partial charge in [0.15, 0.2) is 5.96 Å². The van der Waals surface area contributed by atoms with Gasteiger partial charge in [-0.2, -0.15) is 0 Å². The van der Waals surface area contributed by atoms with E-state index in [4.69, 9.17) is 27.9 Å². The number of halogens is 3. The summed E-state index contributed by atoms with van der Waals surface area (Å²) in [5, 5.41) is 7.74. The topological polar surface area (TPSA) is 50.6 Å². The highest BCUT2D eigenvalue weighted by Gasteiger charge is 2.12. The molecule has 0 saturated heterocycles. The molecule has 1 aliphatic rings. The van der Waals surface area contributed by atoms with Crippen molar-refractivity contribution in [3.8, 4) is 5.75 Å². The zero-order chi connectivity index (χ0) is 18.5. The number of nitrogens with zero attached hydrogens (tertiary/aromatic N) is 2. The van der Waals surface area contributed by atoms with E-state index in [1.807, 2.05) is 24.6 Å². The van der Waals surface area contributed by atoms with E-state index in [1.165, 1.54) is 11.1 Å². The Morgan fingerprint density at radius 2 is 2.07 bits per heavy atom. The first-order chi connectivity index (χ1) is 12.6. The Morgan fingerprint density at radius 1 is 1.26 bits per heavy atom. The van der Waals surface area contributed by atoms with Crippen LogP contribution in [0.4, 0.5) is 0 Å². The lowest BCUT2D eigenvalue weighted by molar-refractivity contribution is 0.357. The number of aromatic nitrogens is 1. The summed E-state index contributed by atoms with van der Waals surface area (Å²) in [6.45, 7) is 4.96. The SMILES string of the molecule is CCNC(=NCc1cc(Cl)c(Cl)n1C)NCCc1ccc2c(c1)CCO2.I. The van der Waals surface area contributed by atoms with Gasteiger partial charge in [0.25, 0.3) is 0 Å². The third-order valence-corrected chi connectivity index (χ3v) is 5.26. The molecule has 0 atom stereocenters. The molecule has 0 aliphatic carbocycles. The Bertz CT molecular complexity index is 807. The average molecular weight is 523 g/mol. The van der Waals surface area contributed by atoms with Crippen LogP contribution < -0.4 is 15.4 Å². The zero-order valence-electron chi connectivity index (χ0n) is 15.5. The molecule has 27 heavy (non-hydrogen) atoms. The predicted molar refractivity (Wildman–Crippen MR) is 123 cm³/mol. The van der Waals surface area contributed by atoms with Gasteiger partial charge in [-0.05, 0) is 36.6 Å². The van der Waals surface area contributed by atoms with Crippen LogP contribution in [0.2, 0.25) is 10.2 Å². The van der Waals surface area contributed by atoms with Crippen molar-refractivity contribution >= 4 is 53.1 Å². The van der Waals surface area contributed by atoms with E-state index in [-0.39, 0.29) is 24.0 Å². The van der Waals surface area contributed by atoms with Crippen LogP contribution in [0.5, 0.6) is 5.75 Å². The maximum Gasteiger partial charge on any atom is 0.191 e. The van der Waals surface area contributed by atoms with Gasteiger partial charge in [0.1, 0.15) is 10.9 Å². The van der Waals surface area contributed by atoms with Crippen LogP contribution in [0.1, 0.15) is 23.7 Å². The number of guanidine groups is 1. The summed E-state index contributed by atoms with van der Waals surface area (Å²) in [6.07, 6.45) is 1.93. The number of nitrogens with one attached hydrogen (secondary N) is 2. The maximum atomic E-state index is 6.11. The van der Waals surface area contributed by atoms with Crippen molar-refractivity contribution in [1.29, 1.82) is 0 Å². The molecule has 0 fully saturated rings. The lowest BCUT2D eigenvalue weighted by atomic mass is 10.1. The molecule has 2 N–H and O–H groups in total. The molecule has 0 radical (unpaired) electrons. The molecule has 8 heteroatoms. The number of rotatable bonds is 6. The highest BCUT2D eigenvalue weighted by atomic mass is 127. The molecule has 0 amide bonds. The number of benzene rings is 1. The standard InChI is InChI=1S/C19H24Cl2N4O.HI/c1-3-22-19(24-12-15-11-16(20)18(21)25(15)2)23-8-6-13-4-5-17-14(10-13)7-9-26-17;/h4-5,10-11H,3,6-9,12H2,1-2H3,(H2,22,23,24);1H. The summed E-state index contributed by atoms with van der Waals surface area (Å²) >= 11 is 12.2. The van der Waals surface area contributed by atoms with Gasteiger partial charge in [-0.1, -0.05) is 35.3 Å². The van der Waals surface area contributed by atoms with Crippen molar-refractivity contribution < 1.29 is 4.74 Å². The number of ether oxygens (including phenoxy) is 1. The van der Waals surface area contributed by atoms with Gasteiger partial charge >= 0.3 is 0 Å². The van der Waals surface area contributed by atoms with Crippen LogP contribution in [0.25, 0.3) is 0 Å². The van der Waals surface area contributed by atoms with E-state index < -0.39 is 0 Å². The van der Waals surface area contributed by atoms with Gasteiger partial charge in [-0.15, -0.1) is 24.0 Å². The fourth-order valence-electron chi connectivity index (χ4n) is 2.96. The van der Waals surface area contributed by atoms with E-state index in [0.717, 1.165) is 49.9 Å². The fraction of sp³-hybridized carbons (Fsp3) is 0.421. The molecule has 0 bridgehead atoms. The molecule has 2 aromatic rings. The monoisotopic (exact) mass is 522 g/mol. The summed E-state index contributed by atoms with van der Waals surface area (Å²) < 4.78 is 7.41. The summed E-state index contributed by atoms with van der Waals surface area (Å²) in [5.41, 5.74) is 3.58. The van der Waals surface area contributed by atoms with Gasteiger partial charge in [0.2, 0.25) is 0 Å². The molecule has 0 saturated carbocycles. The molecule has 5 nitrogen and oxygen atoms in total. The molecular weight excluding hydrogens is 498 g/mol. The van der Waals surface area contributed by atoms with E-state index >= 15 is 0 Å². The van der Waals surface area contributed by atoms with Crippen LogP contribution >= 0.6 is 47.2 Å². The fourth-order valence-corrected chi connectivity index (χ4v) is 3.38. The summed E-state index contributed by atoms with van der Waals surface area (Å²) in [7, 11) is 1.89. The largest absolute Gasteiger partial charge is 0.493 e. The first-order valence-electron chi connectivity index (χ1n) is 8.85. The number of fused-ring (bicyclic) bond motifs is 1. The molecular formula is C19H25Cl2IN4O. The number of aliphatic imine (C=N–C) groups is 1. The predicted octanol–water partition coefficient (Wildman–Crippen LogP) is 4.18. The van der Waals surface area contributed by atoms with Crippen LogP contribution in [-0.4, -0.2) is 30.2 Å². The first kappa shape index (κ1) is 22.2. The molecule has 1 aliphatic heterocycles. The number of hydrogen-bond acceptors (Lipinski definition) is 2. The van der Waals surface area contributed by atoms with Gasteiger partial charge in [-0.25, -0.2) is 4.99 Å². The van der Waals surface area contributed by atoms with Crippen LogP contribution in [0.15, 0.2) is 29.3 Å². The van der Waals surface area contributed by atoms with E-state index in [2.05, 4.69) is 33.8 Å². The molecule has 0 spiro atoms. The molecule has 2 heterocycles. The zero-order valence-corrected chi connectivity index (χ0v) is 19.4. The second kappa shape index (κ2) is 10.4. The minimum absolute atomic E-state index is 0. The molecule has 3 rings (SSSR count). The number of hydrogen-bond donors (Lipinski definition) is 2. The van der Waals surface area contributed by atoms with Crippen LogP contribution in [0.3, 0.4) is 0 Å². The van der Waals surface area contributed by atoms with Crippen molar-refractivity contribution in [2.45, 2.75) is 26.3 Å². The van der Waals surface area contributed by atoms with Gasteiger partial charge < -0.3 is 19.9 Å². The van der Waals surface area contributed by atoms with Crippen molar-refractivity contribution in [3.63, 3.8) is 0 Å². The van der Waals surface area contributed by atoms with Gasteiger partial charge in [-0.3, -0.25) is 0 Å². The molecule has 1 aromatic heterocycles. The average Bonchev–Trinajstić information content (AvgIpc) is 3.19. The minimum Gasteiger partial charge on any atom is -0.493 e. The minimum atomic E-state index is 0. The third-order valence-electron chi connectivity index (χ3n) is 4.42.